The van der Waals surface area contributed by atoms with Gasteiger partial charge in [-0.1, -0.05) is 0 Å². The lowest BCUT2D eigenvalue weighted by Gasteiger charge is -1.88. The van der Waals surface area contributed by atoms with Gasteiger partial charge in [-0.3, -0.25) is 0 Å². The molecular formula is C19H15N5. The predicted octanol–water partition coefficient (Wildman–Crippen LogP) is 0.750. The van der Waals surface area contributed by atoms with Crippen LogP contribution in [-0.4, -0.2) is 19.9 Å². The number of hydrogen-bond donors (Lipinski definition) is 4. The minimum Gasteiger partial charge on any atom is -0.355 e. The lowest BCUT2D eigenvalue weighted by atomic mass is 10.3. The highest BCUT2D eigenvalue weighted by Crippen LogP contribution is 2.10. The number of aromatic nitrogens is 4. The Balaban J connectivity index is 1.79. The zero-order valence-electron chi connectivity index (χ0n) is 12.8. The van der Waals surface area contributed by atoms with E-state index in [4.69, 9.17) is 0 Å². The van der Waals surface area contributed by atoms with E-state index < -0.39 is 0 Å². The highest BCUT2D eigenvalue weighted by atomic mass is 14.9. The second-order valence-corrected chi connectivity index (χ2v) is 5.88. The summed E-state index contributed by atoms with van der Waals surface area (Å²) in [7, 11) is 0. The van der Waals surface area contributed by atoms with Crippen molar-refractivity contribution in [1.82, 2.24) is 19.9 Å². The number of nitrogens with zero attached hydrogens (tertiary/aromatic N) is 1. The van der Waals surface area contributed by atoms with Crippen molar-refractivity contribution in [2.24, 2.45) is 4.99 Å². The lowest BCUT2D eigenvalue weighted by Crippen LogP contribution is -2.10. The summed E-state index contributed by atoms with van der Waals surface area (Å²) in [4.78, 5) is 18.0. The molecule has 0 aromatic carbocycles. The molecule has 4 aromatic heterocycles. The van der Waals surface area contributed by atoms with E-state index in [2.05, 4.69) is 67.4 Å². The summed E-state index contributed by atoms with van der Waals surface area (Å²) >= 11 is 0. The van der Waals surface area contributed by atoms with Crippen molar-refractivity contribution >= 4 is 24.0 Å². The first-order chi connectivity index (χ1) is 11.8. The standard InChI is InChI=1S/C19H15N5/c1-3-14-10-16-5-7-18(22-16)24-19-8-6-17(23-19)11-15-4-2-13(21-15)9-12(1)20-14/h1-11,20-21H,(H2,22,23,24). The molecule has 0 saturated heterocycles. The van der Waals surface area contributed by atoms with Crippen LogP contribution in [0.5, 0.6) is 0 Å². The summed E-state index contributed by atoms with van der Waals surface area (Å²) in [6.07, 6.45) is 6.22. The van der Waals surface area contributed by atoms with Crippen molar-refractivity contribution in [2.45, 2.75) is 0 Å². The quantitative estimate of drug-likeness (QED) is 0.326. The van der Waals surface area contributed by atoms with Crippen LogP contribution in [0, 0.1) is 0 Å². The maximum atomic E-state index is 4.59. The third kappa shape index (κ3) is 2.42. The van der Waals surface area contributed by atoms with Crippen LogP contribution in [0.2, 0.25) is 0 Å². The minimum atomic E-state index is 0.822. The average Bonchev–Trinajstić information content (AvgIpc) is 3.32. The van der Waals surface area contributed by atoms with Gasteiger partial charge in [0.15, 0.2) is 0 Å². The molecule has 8 bridgehead atoms. The molecule has 5 rings (SSSR count). The van der Waals surface area contributed by atoms with Gasteiger partial charge in [0.25, 0.3) is 0 Å². The van der Waals surface area contributed by atoms with Gasteiger partial charge in [-0.2, -0.15) is 0 Å². The van der Waals surface area contributed by atoms with Gasteiger partial charge in [0.1, 0.15) is 11.3 Å². The second-order valence-electron chi connectivity index (χ2n) is 5.88. The van der Waals surface area contributed by atoms with E-state index in [1.807, 2.05) is 24.3 Å². The smallest absolute Gasteiger partial charge is 0.132 e. The number of nitrogens with one attached hydrogen (secondary N) is 4. The summed E-state index contributed by atoms with van der Waals surface area (Å²) < 4.78 is 0. The molecule has 0 aliphatic carbocycles. The monoisotopic (exact) mass is 313 g/mol. The van der Waals surface area contributed by atoms with Gasteiger partial charge in [-0.25, -0.2) is 4.99 Å². The Morgan fingerprint density at radius 2 is 1.08 bits per heavy atom. The molecule has 116 valence electrons. The third-order valence-electron chi connectivity index (χ3n) is 4.02. The average molecular weight is 313 g/mol. The Bertz CT molecular complexity index is 1070. The molecule has 1 aliphatic heterocycles. The third-order valence-corrected chi connectivity index (χ3v) is 4.02. The molecule has 0 fully saturated rings. The molecule has 24 heavy (non-hydrogen) atoms. The van der Waals surface area contributed by atoms with E-state index in [0.29, 0.717) is 0 Å². The van der Waals surface area contributed by atoms with E-state index in [1.165, 1.54) is 0 Å². The van der Waals surface area contributed by atoms with Crippen molar-refractivity contribution in [1.29, 1.82) is 0 Å². The molecule has 1 aliphatic rings. The van der Waals surface area contributed by atoms with Gasteiger partial charge in [-0.05, 0) is 66.8 Å². The van der Waals surface area contributed by atoms with Crippen LogP contribution >= 0.6 is 0 Å². The van der Waals surface area contributed by atoms with E-state index in [-0.39, 0.29) is 0 Å². The predicted molar refractivity (Wildman–Crippen MR) is 93.6 cm³/mol. The van der Waals surface area contributed by atoms with Gasteiger partial charge in [-0.15, -0.1) is 0 Å². The van der Waals surface area contributed by atoms with Crippen LogP contribution < -0.4 is 21.5 Å². The van der Waals surface area contributed by atoms with Crippen molar-refractivity contribution in [2.75, 3.05) is 0 Å². The van der Waals surface area contributed by atoms with Crippen LogP contribution in [0.15, 0.2) is 53.5 Å². The van der Waals surface area contributed by atoms with Crippen LogP contribution in [0.4, 0.5) is 5.82 Å². The molecule has 0 radical (unpaired) electrons. The summed E-state index contributed by atoms with van der Waals surface area (Å²) in [5.74, 6) is 0.822. The molecule has 5 nitrogen and oxygen atoms in total. The summed E-state index contributed by atoms with van der Waals surface area (Å²) in [6, 6.07) is 16.3. The molecule has 0 spiro atoms. The Morgan fingerprint density at radius 1 is 0.500 bits per heavy atom. The highest BCUT2D eigenvalue weighted by Gasteiger charge is 1.98. The minimum absolute atomic E-state index is 0.822. The lowest BCUT2D eigenvalue weighted by molar-refractivity contribution is 1.14. The number of hydrogen-bond acceptors (Lipinski definition) is 1. The molecule has 0 amide bonds. The first-order valence-electron chi connectivity index (χ1n) is 7.82. The molecule has 0 atom stereocenters. The number of aromatic amines is 4. The Labute approximate surface area is 136 Å². The van der Waals surface area contributed by atoms with Gasteiger partial charge in [0.05, 0.1) is 0 Å². The van der Waals surface area contributed by atoms with E-state index in [0.717, 1.165) is 44.4 Å². The molecule has 0 saturated carbocycles. The molecule has 5 heterocycles. The zero-order valence-corrected chi connectivity index (χ0v) is 12.8. The summed E-state index contributed by atoms with van der Waals surface area (Å²) in [6.45, 7) is 0. The maximum Gasteiger partial charge on any atom is 0.132 e. The fourth-order valence-corrected chi connectivity index (χ4v) is 2.93. The highest BCUT2D eigenvalue weighted by molar-refractivity contribution is 5.53. The van der Waals surface area contributed by atoms with Gasteiger partial charge >= 0.3 is 0 Å². The van der Waals surface area contributed by atoms with Gasteiger partial charge in [0.2, 0.25) is 0 Å². The molecule has 0 unspecified atom stereocenters. The van der Waals surface area contributed by atoms with Crippen molar-refractivity contribution in [3.05, 3.63) is 87.1 Å². The SMILES string of the molecule is C1=c2ccc([nH]2)=Cc2ccc([nH]2)N=c2ccc([nH]2)=Cc2ccc1[nH]2. The van der Waals surface area contributed by atoms with Crippen LogP contribution in [0.1, 0.15) is 17.1 Å². The van der Waals surface area contributed by atoms with Crippen LogP contribution in [-0.2, 0) is 0 Å². The van der Waals surface area contributed by atoms with Crippen LogP contribution in [0.25, 0.3) is 18.2 Å². The van der Waals surface area contributed by atoms with E-state index in [9.17, 15) is 0 Å². The zero-order chi connectivity index (χ0) is 15.9. The normalized spacial score (nSPS) is 12.7. The topological polar surface area (TPSA) is 75.5 Å². The summed E-state index contributed by atoms with van der Waals surface area (Å²) in [5.41, 5.74) is 3.93. The fourth-order valence-electron chi connectivity index (χ4n) is 2.93. The Morgan fingerprint density at radius 3 is 1.83 bits per heavy atom. The van der Waals surface area contributed by atoms with Crippen LogP contribution in [0.3, 0.4) is 0 Å². The second kappa shape index (κ2) is 5.03. The summed E-state index contributed by atoms with van der Waals surface area (Å²) in [5, 5.41) is 3.11. The number of fused-ring (bicyclic) bond motifs is 8. The molecule has 4 aromatic rings. The molecule has 5 heteroatoms. The largest absolute Gasteiger partial charge is 0.355 e. The Kier molecular flexibility index (Phi) is 2.72. The van der Waals surface area contributed by atoms with Crippen molar-refractivity contribution in [3.8, 4) is 0 Å². The maximum absolute atomic E-state index is 4.59. The Hall–Kier alpha value is -3.47. The van der Waals surface area contributed by atoms with E-state index >= 15 is 0 Å². The van der Waals surface area contributed by atoms with Gasteiger partial charge in [0, 0.05) is 33.1 Å². The van der Waals surface area contributed by atoms with Crippen molar-refractivity contribution < 1.29 is 0 Å². The van der Waals surface area contributed by atoms with Crippen molar-refractivity contribution in [3.63, 3.8) is 0 Å². The molecular weight excluding hydrogens is 298 g/mol. The number of rotatable bonds is 0. The number of H-pyrrole nitrogens is 4. The van der Waals surface area contributed by atoms with Gasteiger partial charge < -0.3 is 19.9 Å². The molecule has 4 N–H and O–H groups in total. The fraction of sp³-hybridized carbons (Fsp3) is 0. The first-order valence-corrected chi connectivity index (χ1v) is 7.82. The van der Waals surface area contributed by atoms with E-state index in [1.54, 1.807) is 0 Å². The first kappa shape index (κ1) is 13.0.